The highest BCUT2D eigenvalue weighted by atomic mass is 127. The molecule has 0 spiro atoms. The summed E-state index contributed by atoms with van der Waals surface area (Å²) in [6, 6.07) is 16.8. The van der Waals surface area contributed by atoms with Gasteiger partial charge in [-0.25, -0.2) is 0 Å². The fourth-order valence-corrected chi connectivity index (χ4v) is 4.04. The Morgan fingerprint density at radius 2 is 1.96 bits per heavy atom. The minimum atomic E-state index is 0. The minimum absolute atomic E-state index is 0. The summed E-state index contributed by atoms with van der Waals surface area (Å²) in [7, 11) is 1.69. The molecular weight excluding hydrogens is 425 g/mol. The molecule has 3 unspecified atom stereocenters. The lowest BCUT2D eigenvalue weighted by atomic mass is 10.0. The molecule has 2 aliphatic rings. The molecule has 0 aromatic heterocycles. The van der Waals surface area contributed by atoms with Crippen LogP contribution in [0.5, 0.6) is 0 Å². The van der Waals surface area contributed by atoms with Crippen molar-refractivity contribution in [3.63, 3.8) is 0 Å². The number of hydrogen-bond acceptors (Lipinski definition) is 2. The van der Waals surface area contributed by atoms with Crippen LogP contribution in [0.1, 0.15) is 22.6 Å². The molecule has 2 aromatic rings. The molecule has 3 atom stereocenters. The first-order valence-corrected chi connectivity index (χ1v) is 8.49. The lowest BCUT2D eigenvalue weighted by Gasteiger charge is -2.11. The summed E-state index contributed by atoms with van der Waals surface area (Å²) in [4.78, 5) is 4.58. The van der Waals surface area contributed by atoms with E-state index in [0.29, 0.717) is 24.4 Å². The van der Waals surface area contributed by atoms with Crippen LogP contribution in [0.15, 0.2) is 53.5 Å². The molecule has 0 radical (unpaired) electrons. The molecule has 0 heterocycles. The number of guanidine groups is 1. The van der Waals surface area contributed by atoms with E-state index in [1.807, 2.05) is 24.3 Å². The largest absolute Gasteiger partial charge is 0.380 e. The van der Waals surface area contributed by atoms with Gasteiger partial charge in [0, 0.05) is 24.9 Å². The number of aliphatic imine (C=N–C) groups is 1. The number of nitrogens with zero attached hydrogens (tertiary/aromatic N) is 1. The van der Waals surface area contributed by atoms with Gasteiger partial charge in [-0.15, -0.1) is 24.0 Å². The van der Waals surface area contributed by atoms with E-state index in [2.05, 4.69) is 34.6 Å². The highest BCUT2D eigenvalue weighted by molar-refractivity contribution is 14.0. The molecule has 0 aliphatic heterocycles. The van der Waals surface area contributed by atoms with E-state index in [9.17, 15) is 0 Å². The lowest BCUT2D eigenvalue weighted by Crippen LogP contribution is -2.24. The number of benzene rings is 2. The van der Waals surface area contributed by atoms with E-state index in [1.165, 1.54) is 17.5 Å². The van der Waals surface area contributed by atoms with Gasteiger partial charge in [0.1, 0.15) is 0 Å². The van der Waals surface area contributed by atoms with Gasteiger partial charge in [-0.1, -0.05) is 42.5 Å². The Morgan fingerprint density at radius 3 is 2.80 bits per heavy atom. The van der Waals surface area contributed by atoms with E-state index in [-0.39, 0.29) is 24.0 Å². The van der Waals surface area contributed by atoms with Crippen LogP contribution < -0.4 is 11.1 Å². The van der Waals surface area contributed by atoms with E-state index in [0.717, 1.165) is 23.7 Å². The Balaban J connectivity index is 0.00000182. The zero-order valence-electron chi connectivity index (χ0n) is 14.3. The standard InChI is InChI=1S/C20H23N3O.HI/c1-24-12-14-7-3-5-9-18(14)23-20(21)22-11-17-16-10-13-6-2-4-8-15(13)19(16)17;/h2-9,16-17,19H,10-12H2,1H3,(H3,21,22,23);1H. The maximum atomic E-state index is 6.09. The van der Waals surface area contributed by atoms with Gasteiger partial charge >= 0.3 is 0 Å². The average Bonchev–Trinajstić information content (AvgIpc) is 3.13. The zero-order chi connectivity index (χ0) is 16.5. The summed E-state index contributed by atoms with van der Waals surface area (Å²) in [5, 5.41) is 3.21. The Bertz CT molecular complexity index is 777. The monoisotopic (exact) mass is 449 g/mol. The van der Waals surface area contributed by atoms with Crippen LogP contribution in [-0.2, 0) is 17.8 Å². The highest BCUT2D eigenvalue weighted by Gasteiger charge is 2.54. The first-order valence-electron chi connectivity index (χ1n) is 8.49. The number of nitrogens with one attached hydrogen (secondary N) is 1. The lowest BCUT2D eigenvalue weighted by molar-refractivity contribution is 0.185. The number of fused-ring (bicyclic) bond motifs is 3. The van der Waals surface area contributed by atoms with Crippen molar-refractivity contribution in [3.05, 3.63) is 65.2 Å². The molecule has 5 heteroatoms. The van der Waals surface area contributed by atoms with Crippen molar-refractivity contribution < 1.29 is 4.74 Å². The van der Waals surface area contributed by atoms with Crippen molar-refractivity contribution in [2.75, 3.05) is 19.0 Å². The SMILES string of the molecule is COCc1ccccc1NC(N)=NCC1C2Cc3ccccc3C12.I. The molecule has 132 valence electrons. The Morgan fingerprint density at radius 1 is 1.20 bits per heavy atom. The number of hydrogen-bond donors (Lipinski definition) is 2. The van der Waals surface area contributed by atoms with Gasteiger partial charge in [0.25, 0.3) is 0 Å². The quantitative estimate of drug-likeness (QED) is 0.415. The second-order valence-corrected chi connectivity index (χ2v) is 6.70. The molecule has 0 bridgehead atoms. The van der Waals surface area contributed by atoms with Crippen molar-refractivity contribution >= 4 is 35.6 Å². The van der Waals surface area contributed by atoms with Gasteiger partial charge in [-0.05, 0) is 41.4 Å². The second kappa shape index (κ2) is 7.74. The molecule has 2 aliphatic carbocycles. The van der Waals surface area contributed by atoms with Crippen molar-refractivity contribution in [1.29, 1.82) is 0 Å². The summed E-state index contributed by atoms with van der Waals surface area (Å²) in [6.45, 7) is 1.36. The number of para-hydroxylation sites is 1. The van der Waals surface area contributed by atoms with E-state index < -0.39 is 0 Å². The van der Waals surface area contributed by atoms with Crippen molar-refractivity contribution in [3.8, 4) is 0 Å². The number of methoxy groups -OCH3 is 1. The van der Waals surface area contributed by atoms with Crippen LogP contribution in [-0.4, -0.2) is 19.6 Å². The fourth-order valence-electron chi connectivity index (χ4n) is 4.04. The summed E-state index contributed by atoms with van der Waals surface area (Å²) in [5.74, 6) is 2.59. The second-order valence-electron chi connectivity index (χ2n) is 6.70. The predicted octanol–water partition coefficient (Wildman–Crippen LogP) is 3.76. The van der Waals surface area contributed by atoms with Gasteiger partial charge in [0.15, 0.2) is 5.96 Å². The molecule has 1 saturated carbocycles. The van der Waals surface area contributed by atoms with Crippen LogP contribution in [0.25, 0.3) is 0 Å². The summed E-state index contributed by atoms with van der Waals surface area (Å²) in [6.07, 6.45) is 1.20. The average molecular weight is 449 g/mol. The van der Waals surface area contributed by atoms with E-state index in [1.54, 1.807) is 7.11 Å². The number of ether oxygens (including phenoxy) is 1. The first-order chi connectivity index (χ1) is 11.8. The molecule has 4 rings (SSSR count). The molecule has 1 fully saturated rings. The van der Waals surface area contributed by atoms with Gasteiger partial charge in [0.05, 0.1) is 6.61 Å². The fraction of sp³-hybridized carbons (Fsp3) is 0.350. The third-order valence-corrected chi connectivity index (χ3v) is 5.25. The Labute approximate surface area is 165 Å². The molecule has 3 N–H and O–H groups in total. The van der Waals surface area contributed by atoms with Crippen LogP contribution in [0.2, 0.25) is 0 Å². The van der Waals surface area contributed by atoms with Crippen molar-refractivity contribution in [2.24, 2.45) is 22.6 Å². The molecule has 0 saturated heterocycles. The third-order valence-electron chi connectivity index (χ3n) is 5.25. The predicted molar refractivity (Wildman–Crippen MR) is 113 cm³/mol. The van der Waals surface area contributed by atoms with Gasteiger partial charge in [0.2, 0.25) is 0 Å². The Kier molecular flexibility index (Phi) is 5.64. The normalized spacial score (nSPS) is 23.4. The van der Waals surface area contributed by atoms with Crippen LogP contribution in [0.3, 0.4) is 0 Å². The van der Waals surface area contributed by atoms with Crippen LogP contribution >= 0.6 is 24.0 Å². The Hall–Kier alpha value is -1.60. The number of rotatable bonds is 5. The zero-order valence-corrected chi connectivity index (χ0v) is 16.6. The topological polar surface area (TPSA) is 59.6 Å². The molecule has 2 aromatic carbocycles. The molecule has 0 amide bonds. The summed E-state index contributed by atoms with van der Waals surface area (Å²) < 4.78 is 5.22. The minimum Gasteiger partial charge on any atom is -0.380 e. The highest BCUT2D eigenvalue weighted by Crippen LogP contribution is 2.61. The van der Waals surface area contributed by atoms with Crippen LogP contribution in [0, 0.1) is 11.8 Å². The van der Waals surface area contributed by atoms with Gasteiger partial charge in [-0.3, -0.25) is 4.99 Å². The first kappa shape index (κ1) is 18.2. The summed E-state index contributed by atoms with van der Waals surface area (Å²) >= 11 is 0. The third kappa shape index (κ3) is 3.67. The van der Waals surface area contributed by atoms with E-state index in [4.69, 9.17) is 10.5 Å². The van der Waals surface area contributed by atoms with Crippen molar-refractivity contribution in [2.45, 2.75) is 18.9 Å². The number of anilines is 1. The number of nitrogens with two attached hydrogens (primary N) is 1. The maximum Gasteiger partial charge on any atom is 0.193 e. The summed E-state index contributed by atoms with van der Waals surface area (Å²) in [5.41, 5.74) is 11.2. The number of halogens is 1. The van der Waals surface area contributed by atoms with Crippen LogP contribution in [0.4, 0.5) is 5.69 Å². The van der Waals surface area contributed by atoms with Gasteiger partial charge in [-0.2, -0.15) is 0 Å². The molecule has 4 nitrogen and oxygen atoms in total. The van der Waals surface area contributed by atoms with E-state index >= 15 is 0 Å². The molecular formula is C20H24IN3O. The maximum absolute atomic E-state index is 6.09. The smallest absolute Gasteiger partial charge is 0.193 e. The molecule has 25 heavy (non-hydrogen) atoms. The van der Waals surface area contributed by atoms with Crippen molar-refractivity contribution in [1.82, 2.24) is 0 Å². The van der Waals surface area contributed by atoms with Gasteiger partial charge < -0.3 is 15.8 Å².